The third-order valence-electron chi connectivity index (χ3n) is 6.27. The first kappa shape index (κ1) is 27.6. The summed E-state index contributed by atoms with van der Waals surface area (Å²) in [4.78, 5) is 38.4. The van der Waals surface area contributed by atoms with Crippen molar-refractivity contribution in [2.75, 3.05) is 4.90 Å². The van der Waals surface area contributed by atoms with Crippen LogP contribution in [0.25, 0.3) is 11.4 Å². The minimum Gasteiger partial charge on any atom is -0.485 e. The standard InChI is InChI=1S/C28H24ClF2N5O3/c1-15-11-33-20(19-6-5-7-25(35-19)28(3,4)27(32)38)10-22(15)36-16(2)8-24(26(29)23(36)13-37)39-14-21-18(31)9-17(30)12-34-21/h5-12H,14H2,1-4H3,(H2,32,38). The molecule has 0 aromatic carbocycles. The van der Waals surface area contributed by atoms with Gasteiger partial charge in [-0.15, -0.1) is 0 Å². The summed E-state index contributed by atoms with van der Waals surface area (Å²) < 4.78 is 32.8. The summed E-state index contributed by atoms with van der Waals surface area (Å²) in [5, 5.41) is -0.0563. The summed E-state index contributed by atoms with van der Waals surface area (Å²) in [7, 11) is 0. The van der Waals surface area contributed by atoms with Crippen LogP contribution in [0.1, 0.15) is 37.7 Å². The molecule has 0 bridgehead atoms. The normalized spacial score (nSPS) is 13.8. The number of amides is 1. The van der Waals surface area contributed by atoms with Gasteiger partial charge in [-0.25, -0.2) is 13.6 Å². The molecule has 1 aliphatic rings. The maximum atomic E-state index is 14.0. The molecule has 8 nitrogen and oxygen atoms in total. The number of aromatic nitrogens is 3. The van der Waals surface area contributed by atoms with Crippen molar-refractivity contribution in [2.24, 2.45) is 5.73 Å². The first-order valence-corrected chi connectivity index (χ1v) is 12.1. The number of carbonyl (C=O) groups excluding carboxylic acids is 2. The number of rotatable bonds is 7. The monoisotopic (exact) mass is 551 g/mol. The van der Waals surface area contributed by atoms with Crippen LogP contribution in [0, 0.1) is 18.6 Å². The van der Waals surface area contributed by atoms with Crippen molar-refractivity contribution >= 4 is 29.1 Å². The third-order valence-corrected chi connectivity index (χ3v) is 6.63. The molecule has 1 aliphatic heterocycles. The van der Waals surface area contributed by atoms with Crippen molar-refractivity contribution < 1.29 is 23.1 Å². The Balaban J connectivity index is 1.69. The second kappa shape index (κ2) is 10.8. The molecule has 39 heavy (non-hydrogen) atoms. The number of aryl methyl sites for hydroxylation is 1. The van der Waals surface area contributed by atoms with Gasteiger partial charge in [-0.2, -0.15) is 0 Å². The molecular formula is C28H24ClF2N5O3. The van der Waals surface area contributed by atoms with Crippen LogP contribution in [0.15, 0.2) is 71.0 Å². The van der Waals surface area contributed by atoms with Crippen LogP contribution < -0.4 is 10.6 Å². The topological polar surface area (TPSA) is 111 Å². The van der Waals surface area contributed by atoms with Crippen molar-refractivity contribution in [3.8, 4) is 11.4 Å². The highest BCUT2D eigenvalue weighted by molar-refractivity contribution is 6.33. The molecule has 200 valence electrons. The van der Waals surface area contributed by atoms with Crippen LogP contribution in [0.5, 0.6) is 0 Å². The van der Waals surface area contributed by atoms with E-state index in [9.17, 15) is 18.4 Å². The summed E-state index contributed by atoms with van der Waals surface area (Å²) in [5.74, 6) is -0.231. The molecule has 0 atom stereocenters. The van der Waals surface area contributed by atoms with Crippen LogP contribution in [0.3, 0.4) is 0 Å². The fourth-order valence-electron chi connectivity index (χ4n) is 3.86. The second-order valence-electron chi connectivity index (χ2n) is 9.37. The van der Waals surface area contributed by atoms with E-state index >= 15 is 0 Å². The Morgan fingerprint density at radius 1 is 1.15 bits per heavy atom. The molecule has 4 rings (SSSR count). The fourth-order valence-corrected chi connectivity index (χ4v) is 4.09. The molecular weight excluding hydrogens is 528 g/mol. The highest BCUT2D eigenvalue weighted by Gasteiger charge is 2.30. The number of hydrogen-bond acceptors (Lipinski definition) is 7. The average Bonchev–Trinajstić information content (AvgIpc) is 2.90. The zero-order chi connectivity index (χ0) is 28.5. The zero-order valence-electron chi connectivity index (χ0n) is 21.6. The SMILES string of the molecule is CC1=CC(OCc2ncc(F)cc2F)=C(Cl)C(=C=O)N1c1cc(-c2cccc(C(C)(C)C(N)=O)n2)ncc1C. The lowest BCUT2D eigenvalue weighted by atomic mass is 9.88. The van der Waals surface area contributed by atoms with Crippen molar-refractivity contribution in [3.63, 3.8) is 0 Å². The van der Waals surface area contributed by atoms with E-state index in [0.29, 0.717) is 34.5 Å². The van der Waals surface area contributed by atoms with Crippen molar-refractivity contribution in [1.29, 1.82) is 0 Å². The summed E-state index contributed by atoms with van der Waals surface area (Å²) >= 11 is 6.52. The van der Waals surface area contributed by atoms with Crippen LogP contribution in [0.4, 0.5) is 14.5 Å². The Hall–Kier alpha value is -4.40. The molecule has 0 aliphatic carbocycles. The molecule has 2 N–H and O–H groups in total. The first-order chi connectivity index (χ1) is 18.4. The number of halogens is 3. The van der Waals surface area contributed by atoms with Crippen molar-refractivity contribution in [3.05, 3.63) is 99.6 Å². The third kappa shape index (κ3) is 5.43. The number of primary amides is 1. The molecule has 0 saturated carbocycles. The lowest BCUT2D eigenvalue weighted by Gasteiger charge is -2.31. The molecule has 0 saturated heterocycles. The van der Waals surface area contributed by atoms with Gasteiger partial charge in [0.15, 0.2) is 17.5 Å². The van der Waals surface area contributed by atoms with Crippen LogP contribution in [-0.2, 0) is 26.3 Å². The number of hydrogen-bond donors (Lipinski definition) is 1. The quantitative estimate of drug-likeness (QED) is 0.411. The fraction of sp³-hybridized carbons (Fsp3) is 0.214. The van der Waals surface area contributed by atoms with E-state index in [-0.39, 0.29) is 28.8 Å². The summed E-state index contributed by atoms with van der Waals surface area (Å²) in [6.45, 7) is 6.58. The Kier molecular flexibility index (Phi) is 7.63. The largest absolute Gasteiger partial charge is 0.485 e. The minimum absolute atomic E-state index is 0.0315. The predicted molar refractivity (Wildman–Crippen MR) is 142 cm³/mol. The van der Waals surface area contributed by atoms with Gasteiger partial charge in [-0.1, -0.05) is 17.7 Å². The van der Waals surface area contributed by atoms with E-state index in [0.717, 1.165) is 11.8 Å². The number of pyridine rings is 3. The van der Waals surface area contributed by atoms with Crippen LogP contribution in [-0.4, -0.2) is 26.8 Å². The van der Waals surface area contributed by atoms with Gasteiger partial charge in [0.1, 0.15) is 28.9 Å². The van der Waals surface area contributed by atoms with Gasteiger partial charge in [-0.3, -0.25) is 19.7 Å². The first-order valence-electron chi connectivity index (χ1n) is 11.7. The summed E-state index contributed by atoms with van der Waals surface area (Å²) in [5.41, 5.74) is 7.73. The van der Waals surface area contributed by atoms with E-state index in [2.05, 4.69) is 15.0 Å². The number of allylic oxidation sites excluding steroid dienone is 3. The molecule has 0 unspecified atom stereocenters. The van der Waals surface area contributed by atoms with Gasteiger partial charge in [0.2, 0.25) is 5.91 Å². The lowest BCUT2D eigenvalue weighted by molar-refractivity contribution is -0.122. The highest BCUT2D eigenvalue weighted by atomic mass is 35.5. The van der Waals surface area contributed by atoms with Gasteiger partial charge in [0.05, 0.1) is 34.4 Å². The number of nitrogens with two attached hydrogens (primary N) is 1. The average molecular weight is 552 g/mol. The van der Waals surface area contributed by atoms with Gasteiger partial charge >= 0.3 is 0 Å². The van der Waals surface area contributed by atoms with E-state index in [4.69, 9.17) is 22.1 Å². The zero-order valence-corrected chi connectivity index (χ0v) is 22.3. The Morgan fingerprint density at radius 2 is 1.90 bits per heavy atom. The molecule has 4 heterocycles. The second-order valence-corrected chi connectivity index (χ2v) is 9.75. The van der Waals surface area contributed by atoms with Crippen LogP contribution in [0.2, 0.25) is 0 Å². The van der Waals surface area contributed by atoms with E-state index in [1.807, 2.05) is 12.9 Å². The molecule has 11 heteroatoms. The van der Waals surface area contributed by atoms with Gasteiger partial charge in [0, 0.05) is 24.0 Å². The van der Waals surface area contributed by atoms with Crippen molar-refractivity contribution in [2.45, 2.75) is 39.7 Å². The Morgan fingerprint density at radius 3 is 2.56 bits per heavy atom. The molecule has 3 aromatic heterocycles. The molecule has 0 fully saturated rings. The van der Waals surface area contributed by atoms with E-state index in [1.54, 1.807) is 62.2 Å². The number of anilines is 1. The van der Waals surface area contributed by atoms with E-state index in [1.165, 1.54) is 0 Å². The maximum Gasteiger partial charge on any atom is 0.229 e. The molecule has 0 spiro atoms. The van der Waals surface area contributed by atoms with E-state index < -0.39 is 23.0 Å². The van der Waals surface area contributed by atoms with Crippen LogP contribution >= 0.6 is 11.6 Å². The van der Waals surface area contributed by atoms with Crippen molar-refractivity contribution in [1.82, 2.24) is 15.0 Å². The number of carbonyl (C=O) groups is 1. The van der Waals surface area contributed by atoms with Gasteiger partial charge in [0.25, 0.3) is 0 Å². The molecule has 3 aromatic rings. The minimum atomic E-state index is -0.996. The molecule has 1 amide bonds. The van der Waals surface area contributed by atoms with Gasteiger partial charge < -0.3 is 15.4 Å². The smallest absolute Gasteiger partial charge is 0.229 e. The Labute approximate surface area is 228 Å². The number of nitrogens with zero attached hydrogens (tertiary/aromatic N) is 4. The summed E-state index contributed by atoms with van der Waals surface area (Å²) in [6, 6.07) is 7.66. The van der Waals surface area contributed by atoms with Gasteiger partial charge in [-0.05, 0) is 51.5 Å². The highest BCUT2D eigenvalue weighted by Crippen LogP contribution is 2.38. The number of ether oxygens (including phenoxy) is 1. The lowest BCUT2D eigenvalue weighted by Crippen LogP contribution is -2.36. The summed E-state index contributed by atoms with van der Waals surface area (Å²) in [6.07, 6.45) is 4.08. The molecule has 0 radical (unpaired) electrons. The Bertz CT molecular complexity index is 1600. The predicted octanol–water partition coefficient (Wildman–Crippen LogP) is 4.99. The maximum absolute atomic E-state index is 14.0.